The molecule has 0 saturated heterocycles. The van der Waals surface area contributed by atoms with Crippen LogP contribution < -0.4 is 0 Å². The molecule has 0 aliphatic heterocycles. The summed E-state index contributed by atoms with van der Waals surface area (Å²) in [6, 6.07) is 0.0589. The average molecular weight is 269 g/mol. The summed E-state index contributed by atoms with van der Waals surface area (Å²) in [7, 11) is 0. The van der Waals surface area contributed by atoms with Gasteiger partial charge in [0.15, 0.2) is 0 Å². The van der Waals surface area contributed by atoms with Crippen molar-refractivity contribution in [3.05, 3.63) is 4.91 Å². The highest BCUT2D eigenvalue weighted by Gasteiger charge is 2.19. The van der Waals surface area contributed by atoms with E-state index in [0.29, 0.717) is 11.8 Å². The molecule has 0 aliphatic rings. The predicted octanol–water partition coefficient (Wildman–Crippen LogP) is 6.33. The summed E-state index contributed by atoms with van der Waals surface area (Å²) < 4.78 is 0. The fourth-order valence-corrected chi connectivity index (χ4v) is 2.91. The molecular weight excluding hydrogens is 234 g/mol. The van der Waals surface area contributed by atoms with Gasteiger partial charge in [-0.2, -0.15) is 4.91 Å². The van der Waals surface area contributed by atoms with Crippen molar-refractivity contribution in [3.8, 4) is 0 Å². The van der Waals surface area contributed by atoms with Crippen LogP contribution in [0.15, 0.2) is 5.18 Å². The average Bonchev–Trinajstić information content (AvgIpc) is 2.45. The van der Waals surface area contributed by atoms with Gasteiger partial charge in [0.2, 0.25) is 0 Å². The van der Waals surface area contributed by atoms with Gasteiger partial charge >= 0.3 is 0 Å². The van der Waals surface area contributed by atoms with Crippen LogP contribution in [0.5, 0.6) is 0 Å². The molecule has 2 unspecified atom stereocenters. The number of hydrogen-bond acceptors (Lipinski definition) is 2. The molecule has 2 atom stereocenters. The Morgan fingerprint density at radius 3 is 1.47 bits per heavy atom. The minimum atomic E-state index is 0.0589. The fourth-order valence-electron chi connectivity index (χ4n) is 2.91. The zero-order chi connectivity index (χ0) is 14.5. The largest absolute Gasteiger partial charge is 0.151 e. The molecule has 0 amide bonds. The van der Waals surface area contributed by atoms with Crippen LogP contribution in [0.25, 0.3) is 0 Å². The van der Waals surface area contributed by atoms with Crippen molar-refractivity contribution in [2.45, 2.75) is 97.9 Å². The Balaban J connectivity index is 4.18. The molecule has 114 valence electrons. The maximum Gasteiger partial charge on any atom is 0.0925 e. The first-order valence-corrected chi connectivity index (χ1v) is 8.54. The molecule has 0 bridgehead atoms. The molecule has 0 spiro atoms. The predicted molar refractivity (Wildman–Crippen MR) is 85.4 cm³/mol. The van der Waals surface area contributed by atoms with Crippen molar-refractivity contribution in [1.82, 2.24) is 0 Å². The van der Waals surface area contributed by atoms with Crippen molar-refractivity contribution < 1.29 is 0 Å². The summed E-state index contributed by atoms with van der Waals surface area (Å²) >= 11 is 0. The zero-order valence-corrected chi connectivity index (χ0v) is 13.7. The van der Waals surface area contributed by atoms with Gasteiger partial charge in [-0.15, -0.1) is 0 Å². The first-order valence-electron chi connectivity index (χ1n) is 8.54. The molecule has 0 N–H and O–H groups in total. The highest BCUT2D eigenvalue weighted by Crippen LogP contribution is 2.26. The summed E-state index contributed by atoms with van der Waals surface area (Å²) in [6.07, 6.45) is 12.0. The van der Waals surface area contributed by atoms with E-state index in [1.54, 1.807) is 0 Å². The summed E-state index contributed by atoms with van der Waals surface area (Å²) in [5.41, 5.74) is 0. The molecule has 0 radical (unpaired) electrons. The SMILES string of the molecule is CCCCC(CC)CC(CC(CC)CCCC)N=O. The lowest BCUT2D eigenvalue weighted by molar-refractivity contribution is 0.323. The van der Waals surface area contributed by atoms with E-state index in [2.05, 4.69) is 32.9 Å². The number of rotatable bonds is 13. The fraction of sp³-hybridized carbons (Fsp3) is 1.00. The van der Waals surface area contributed by atoms with Gasteiger partial charge in [0.25, 0.3) is 0 Å². The van der Waals surface area contributed by atoms with Crippen LogP contribution >= 0.6 is 0 Å². The topological polar surface area (TPSA) is 29.4 Å². The molecule has 2 nitrogen and oxygen atoms in total. The van der Waals surface area contributed by atoms with Gasteiger partial charge in [0, 0.05) is 0 Å². The van der Waals surface area contributed by atoms with Crippen LogP contribution in [0, 0.1) is 16.7 Å². The van der Waals surface area contributed by atoms with Crippen LogP contribution in [0.4, 0.5) is 0 Å². The second-order valence-corrected chi connectivity index (χ2v) is 6.06. The second-order valence-electron chi connectivity index (χ2n) is 6.06. The quantitative estimate of drug-likeness (QED) is 0.359. The Morgan fingerprint density at radius 2 is 1.21 bits per heavy atom. The minimum Gasteiger partial charge on any atom is -0.151 e. The maximum atomic E-state index is 11.1. The summed E-state index contributed by atoms with van der Waals surface area (Å²) in [5, 5.41) is 3.43. The minimum absolute atomic E-state index is 0.0589. The normalized spacial score (nSPS) is 16.0. The Bertz CT molecular complexity index is 187. The highest BCUT2D eigenvalue weighted by molar-refractivity contribution is 4.74. The van der Waals surface area contributed by atoms with Gasteiger partial charge in [0.05, 0.1) is 6.04 Å². The lowest BCUT2D eigenvalue weighted by Gasteiger charge is -2.21. The van der Waals surface area contributed by atoms with Crippen LogP contribution in [-0.2, 0) is 0 Å². The number of unbranched alkanes of at least 4 members (excludes halogenated alkanes) is 2. The molecule has 0 saturated carbocycles. The first kappa shape index (κ1) is 18.6. The van der Waals surface area contributed by atoms with Gasteiger partial charge in [-0.25, -0.2) is 0 Å². The maximum absolute atomic E-state index is 11.1. The Kier molecular flexibility index (Phi) is 12.4. The third-order valence-electron chi connectivity index (χ3n) is 4.45. The summed E-state index contributed by atoms with van der Waals surface area (Å²) in [6.45, 7) is 8.97. The van der Waals surface area contributed by atoms with Gasteiger partial charge in [-0.3, -0.25) is 0 Å². The summed E-state index contributed by atoms with van der Waals surface area (Å²) in [4.78, 5) is 11.1. The molecule has 0 rings (SSSR count). The van der Waals surface area contributed by atoms with Crippen molar-refractivity contribution in [3.63, 3.8) is 0 Å². The van der Waals surface area contributed by atoms with E-state index in [-0.39, 0.29) is 6.04 Å². The van der Waals surface area contributed by atoms with Crippen LogP contribution in [0.3, 0.4) is 0 Å². The van der Waals surface area contributed by atoms with Gasteiger partial charge < -0.3 is 0 Å². The lowest BCUT2D eigenvalue weighted by atomic mass is 9.86. The van der Waals surface area contributed by atoms with E-state index in [1.807, 2.05) is 0 Å². The second kappa shape index (κ2) is 12.6. The van der Waals surface area contributed by atoms with Crippen LogP contribution in [-0.4, -0.2) is 6.04 Å². The molecule has 0 aliphatic carbocycles. The first-order chi connectivity index (χ1) is 9.21. The molecule has 0 heterocycles. The molecule has 0 aromatic heterocycles. The Morgan fingerprint density at radius 1 is 0.789 bits per heavy atom. The molecule has 0 fully saturated rings. The van der Waals surface area contributed by atoms with Crippen LogP contribution in [0.1, 0.15) is 91.9 Å². The van der Waals surface area contributed by atoms with Gasteiger partial charge in [-0.1, -0.05) is 84.2 Å². The van der Waals surface area contributed by atoms with Crippen molar-refractivity contribution in [1.29, 1.82) is 0 Å². The summed E-state index contributed by atoms with van der Waals surface area (Å²) in [5.74, 6) is 1.40. The standard InChI is InChI=1S/C17H35NO/c1-5-9-11-15(7-3)13-17(18-19)14-16(8-4)12-10-6-2/h15-17H,5-14H2,1-4H3. The Hall–Kier alpha value is -0.400. The molecule has 0 aromatic rings. The van der Waals surface area contributed by atoms with E-state index in [9.17, 15) is 4.91 Å². The van der Waals surface area contributed by atoms with E-state index >= 15 is 0 Å². The number of nitrogens with zero attached hydrogens (tertiary/aromatic N) is 1. The number of nitroso groups, excluding NO2 is 1. The van der Waals surface area contributed by atoms with E-state index in [4.69, 9.17) is 0 Å². The molecule has 2 heteroatoms. The van der Waals surface area contributed by atoms with Gasteiger partial charge in [-0.05, 0) is 24.7 Å². The smallest absolute Gasteiger partial charge is 0.0925 e. The van der Waals surface area contributed by atoms with Crippen molar-refractivity contribution in [2.75, 3.05) is 0 Å². The zero-order valence-electron chi connectivity index (χ0n) is 13.7. The highest BCUT2D eigenvalue weighted by atomic mass is 16.3. The van der Waals surface area contributed by atoms with E-state index in [0.717, 1.165) is 12.8 Å². The van der Waals surface area contributed by atoms with Crippen LogP contribution in [0.2, 0.25) is 0 Å². The molecule has 19 heavy (non-hydrogen) atoms. The molecule has 0 aromatic carbocycles. The van der Waals surface area contributed by atoms with E-state index < -0.39 is 0 Å². The van der Waals surface area contributed by atoms with Gasteiger partial charge in [0.1, 0.15) is 0 Å². The molecular formula is C17H35NO. The van der Waals surface area contributed by atoms with Crippen molar-refractivity contribution in [2.24, 2.45) is 17.0 Å². The Labute approximate surface area is 120 Å². The lowest BCUT2D eigenvalue weighted by Crippen LogP contribution is -2.16. The van der Waals surface area contributed by atoms with Crippen molar-refractivity contribution >= 4 is 0 Å². The third-order valence-corrected chi connectivity index (χ3v) is 4.45. The number of hydrogen-bond donors (Lipinski definition) is 0. The monoisotopic (exact) mass is 269 g/mol. The third kappa shape index (κ3) is 9.18. The van der Waals surface area contributed by atoms with E-state index in [1.165, 1.54) is 51.4 Å².